The molecular formula is C74H133N17O15. The summed E-state index contributed by atoms with van der Waals surface area (Å²) in [6, 6.07) is -10.5. The average molecular weight is 1500 g/mol. The molecule has 24 N–H and O–H groups in total. The van der Waals surface area contributed by atoms with Crippen LogP contribution in [0.2, 0.25) is 0 Å². The Hall–Kier alpha value is -8.07. The molecule has 0 aliphatic carbocycles. The largest absolute Gasteiger partial charge is 0.508 e. The van der Waals surface area contributed by atoms with Gasteiger partial charge in [0.05, 0.1) is 6.10 Å². The molecule has 0 aromatic heterocycles. The Morgan fingerprint density at radius 2 is 0.623 bits per heavy atom. The van der Waals surface area contributed by atoms with Crippen LogP contribution < -0.4 is 92.5 Å². The van der Waals surface area contributed by atoms with Gasteiger partial charge in [-0.05, 0) is 162 Å². The molecule has 32 heteroatoms. The van der Waals surface area contributed by atoms with E-state index in [4.69, 9.17) is 28.7 Å². The van der Waals surface area contributed by atoms with E-state index in [0.717, 1.165) is 0 Å². The van der Waals surface area contributed by atoms with Crippen molar-refractivity contribution in [3.63, 3.8) is 0 Å². The van der Waals surface area contributed by atoms with Gasteiger partial charge in [0.2, 0.25) is 76.8 Å². The van der Waals surface area contributed by atoms with Gasteiger partial charge in [0, 0.05) is 6.42 Å². The molecule has 0 fully saturated rings. The number of carbonyl (C=O) groups excluding carboxylic acids is 13. The van der Waals surface area contributed by atoms with E-state index < -0.39 is 185 Å². The Kier molecular flexibility index (Phi) is 44.3. The molecule has 1 rings (SSSR count). The van der Waals surface area contributed by atoms with Crippen LogP contribution in [0.4, 0.5) is 0 Å². The van der Waals surface area contributed by atoms with Crippen LogP contribution in [0, 0.1) is 47.3 Å². The first-order valence-corrected chi connectivity index (χ1v) is 37.8. The van der Waals surface area contributed by atoms with E-state index in [1.165, 1.54) is 19.1 Å². The van der Waals surface area contributed by atoms with E-state index in [1.807, 2.05) is 41.5 Å². The molecule has 0 saturated carbocycles. The SMILES string of the molecule is CC[C@H](C)[C@H](NC(=O)[C@@H](CCCN)NC(=O)[C@H](CC(C)C)NC(=O)[C@@H](N)[C@@H](C)O)C(=O)N[C@H](C(=O)N[C@H](C(=O)N[C@H](CCCCN)C(=O)N[C@H](C(=O)N[C@H](CC(C)C)C(=O)N[C@@H](CCCCN)C(=O)N[C@H](Cc1ccc(O)cc1)C(=O)N[C@@H](CC(C)C)C(=O)N[C@H](C(N)=O)C(C)C)C(C)C)C(C)C)C(C)C. The lowest BCUT2D eigenvalue weighted by Gasteiger charge is -2.31. The van der Waals surface area contributed by atoms with Crippen molar-refractivity contribution in [3.05, 3.63) is 29.8 Å². The van der Waals surface area contributed by atoms with Gasteiger partial charge in [0.15, 0.2) is 0 Å². The second kappa shape index (κ2) is 49.0. The van der Waals surface area contributed by atoms with Crippen LogP contribution >= 0.6 is 0 Å². The molecule has 0 saturated heterocycles. The fourth-order valence-corrected chi connectivity index (χ4v) is 11.5. The van der Waals surface area contributed by atoms with Crippen LogP contribution in [-0.4, -0.2) is 191 Å². The van der Waals surface area contributed by atoms with Crippen molar-refractivity contribution in [1.29, 1.82) is 0 Å². The van der Waals surface area contributed by atoms with Gasteiger partial charge < -0.3 is 103 Å². The molecule has 0 aliphatic rings. The normalized spacial score (nSPS) is 15.9. The van der Waals surface area contributed by atoms with Crippen molar-refractivity contribution < 1.29 is 72.5 Å². The molecule has 1 aromatic rings. The number of carbonyl (C=O) groups is 13. The standard InChI is InChI=1S/C74H133N17O15/c1-18-45(16)61(91-65(97)51(26-23-33-77)81-66(98)52(34-38(2)3)85-70(102)56(78)46(17)92)74(106)90-60(44(14)15)73(105)89-59(43(12)13)71(103)82-50(25-20-22-32-76)64(96)88-58(42(10)11)72(104)86-53(35-39(4)5)67(99)80-49(24-19-21-31-75)63(95)84-55(37-47-27-29-48(93)30-28-47)68(100)83-54(36-40(6)7)69(101)87-57(41(8)9)62(79)94/h27-30,38-46,49-61,92-93H,18-26,31-37,75-78H2,1-17H3,(H2,79,94)(H,80,99)(H,81,98)(H,82,103)(H,83,100)(H,84,95)(H,85,102)(H,86,104)(H,87,101)(H,88,96)(H,89,105)(H,90,106)(H,91,97)/t45-,46+,49-,50+,51+,52-,53+,54-,55+,56-,57-,58-,59-,60-,61-/m0/s1. The quantitative estimate of drug-likeness (QED) is 0.0374. The van der Waals surface area contributed by atoms with E-state index in [9.17, 15) is 72.5 Å². The van der Waals surface area contributed by atoms with Gasteiger partial charge in [0.1, 0.15) is 84.3 Å². The number of primary amides is 1. The summed E-state index contributed by atoms with van der Waals surface area (Å²) in [5, 5.41) is 52.9. The Bertz CT molecular complexity index is 2970. The number of benzene rings is 1. The van der Waals surface area contributed by atoms with Gasteiger partial charge in [-0.3, -0.25) is 62.3 Å². The van der Waals surface area contributed by atoms with E-state index in [0.29, 0.717) is 37.7 Å². The molecule has 106 heavy (non-hydrogen) atoms. The number of hydrogen-bond acceptors (Lipinski definition) is 19. The Morgan fingerprint density at radius 3 is 0.981 bits per heavy atom. The predicted molar refractivity (Wildman–Crippen MR) is 405 cm³/mol. The van der Waals surface area contributed by atoms with Crippen LogP contribution in [0.15, 0.2) is 24.3 Å². The van der Waals surface area contributed by atoms with E-state index in [-0.39, 0.29) is 100 Å². The molecule has 13 amide bonds. The number of rotatable bonds is 51. The second-order valence-corrected chi connectivity index (χ2v) is 30.6. The van der Waals surface area contributed by atoms with E-state index in [2.05, 4.69) is 63.8 Å². The third-order valence-electron chi connectivity index (χ3n) is 18.1. The van der Waals surface area contributed by atoms with Crippen molar-refractivity contribution >= 4 is 76.8 Å². The fraction of sp³-hybridized carbons (Fsp3) is 0.743. The monoisotopic (exact) mass is 1500 g/mol. The molecule has 0 heterocycles. The van der Waals surface area contributed by atoms with Crippen molar-refractivity contribution in [2.24, 2.45) is 76.0 Å². The third-order valence-corrected chi connectivity index (χ3v) is 18.1. The lowest BCUT2D eigenvalue weighted by atomic mass is 9.95. The first-order valence-electron chi connectivity index (χ1n) is 37.8. The summed E-state index contributed by atoms with van der Waals surface area (Å²) in [7, 11) is 0. The van der Waals surface area contributed by atoms with E-state index >= 15 is 0 Å². The molecule has 0 unspecified atom stereocenters. The molecule has 0 bridgehead atoms. The molecule has 1 aromatic carbocycles. The second-order valence-electron chi connectivity index (χ2n) is 30.6. The maximum absolute atomic E-state index is 14.7. The first-order chi connectivity index (χ1) is 49.5. The van der Waals surface area contributed by atoms with Crippen molar-refractivity contribution in [2.75, 3.05) is 19.6 Å². The maximum atomic E-state index is 14.7. The van der Waals surface area contributed by atoms with Crippen LogP contribution in [0.5, 0.6) is 5.75 Å². The zero-order valence-electron chi connectivity index (χ0n) is 65.9. The highest BCUT2D eigenvalue weighted by Crippen LogP contribution is 2.19. The summed E-state index contributed by atoms with van der Waals surface area (Å²) in [4.78, 5) is 183. The maximum Gasteiger partial charge on any atom is 0.243 e. The summed E-state index contributed by atoms with van der Waals surface area (Å²) >= 11 is 0. The minimum atomic E-state index is -1.37. The highest BCUT2D eigenvalue weighted by atomic mass is 16.3. The number of nitrogens with two attached hydrogens (primary N) is 5. The van der Waals surface area contributed by atoms with Crippen LogP contribution in [0.25, 0.3) is 0 Å². The van der Waals surface area contributed by atoms with Crippen molar-refractivity contribution in [3.8, 4) is 5.75 Å². The minimum absolute atomic E-state index is 0.0304. The van der Waals surface area contributed by atoms with Crippen molar-refractivity contribution in [1.82, 2.24) is 63.8 Å². The summed E-state index contributed by atoms with van der Waals surface area (Å²) in [5.74, 6) is -13.2. The number of aromatic hydroxyl groups is 1. The van der Waals surface area contributed by atoms with Gasteiger partial charge in [-0.15, -0.1) is 0 Å². The van der Waals surface area contributed by atoms with Gasteiger partial charge >= 0.3 is 0 Å². The summed E-state index contributed by atoms with van der Waals surface area (Å²) in [6.45, 7) is 29.8. The number of amides is 13. The molecular weight excluding hydrogens is 1370 g/mol. The fourth-order valence-electron chi connectivity index (χ4n) is 11.5. The topological polar surface area (TPSA) is 537 Å². The number of aliphatic hydroxyl groups excluding tert-OH is 1. The van der Waals surface area contributed by atoms with Gasteiger partial charge in [-0.2, -0.15) is 0 Å². The average Bonchev–Trinajstić information content (AvgIpc) is 0.846. The molecule has 0 radical (unpaired) electrons. The van der Waals surface area contributed by atoms with Crippen LogP contribution in [0.1, 0.15) is 200 Å². The summed E-state index contributed by atoms with van der Waals surface area (Å²) < 4.78 is 0. The number of phenolic OH excluding ortho intramolecular Hbond substituents is 1. The first kappa shape index (κ1) is 95.9. The summed E-state index contributed by atoms with van der Waals surface area (Å²) in [6.07, 6.45) is 1.30. The molecule has 32 nitrogen and oxygen atoms in total. The van der Waals surface area contributed by atoms with Gasteiger partial charge in [-0.1, -0.05) is 129 Å². The number of nitrogens with one attached hydrogen (secondary N) is 12. The highest BCUT2D eigenvalue weighted by molar-refractivity contribution is 6.00. The zero-order chi connectivity index (χ0) is 81.0. The Balaban J connectivity index is 3.65. The smallest absolute Gasteiger partial charge is 0.243 e. The highest BCUT2D eigenvalue weighted by Gasteiger charge is 2.40. The number of aliphatic hydroxyl groups is 1. The van der Waals surface area contributed by atoms with Gasteiger partial charge in [0.25, 0.3) is 0 Å². The summed E-state index contributed by atoms with van der Waals surface area (Å²) in [5.41, 5.74) is 29.6. The van der Waals surface area contributed by atoms with Gasteiger partial charge in [-0.25, -0.2) is 0 Å². The molecule has 0 aliphatic heterocycles. The van der Waals surface area contributed by atoms with Crippen molar-refractivity contribution in [2.45, 2.75) is 286 Å². The Labute approximate surface area is 627 Å². The lowest BCUT2D eigenvalue weighted by Crippen LogP contribution is -2.63. The number of phenols is 1. The number of unbranched alkanes of at least 4 members (excludes halogenated alkanes) is 2. The number of hydrogen-bond donors (Lipinski definition) is 19. The third kappa shape index (κ3) is 34.7. The van der Waals surface area contributed by atoms with E-state index in [1.54, 1.807) is 81.4 Å². The Morgan fingerprint density at radius 1 is 0.349 bits per heavy atom. The van der Waals surface area contributed by atoms with Crippen LogP contribution in [-0.2, 0) is 68.7 Å². The molecule has 15 atom stereocenters. The minimum Gasteiger partial charge on any atom is -0.508 e. The molecule has 604 valence electrons. The predicted octanol–water partition coefficient (Wildman–Crippen LogP) is -0.249. The molecule has 0 spiro atoms. The lowest BCUT2D eigenvalue weighted by molar-refractivity contribution is -0.137. The van der Waals surface area contributed by atoms with Crippen LogP contribution in [0.3, 0.4) is 0 Å². The zero-order valence-corrected chi connectivity index (χ0v) is 65.9.